The minimum atomic E-state index is -0.630. The summed E-state index contributed by atoms with van der Waals surface area (Å²) in [5.74, 6) is -0.267. The zero-order valence-corrected chi connectivity index (χ0v) is 10.7. The number of esters is 1. The smallest absolute Gasteiger partial charge is 0.341 e. The molecule has 0 aliphatic carbocycles. The third kappa shape index (κ3) is 2.68. The van der Waals surface area contributed by atoms with Crippen molar-refractivity contribution in [3.8, 4) is 22.6 Å². The zero-order valence-electron chi connectivity index (χ0n) is 10.7. The summed E-state index contributed by atoms with van der Waals surface area (Å²) in [6.45, 7) is 0. The van der Waals surface area contributed by atoms with Crippen LogP contribution in [-0.4, -0.2) is 20.2 Å². The van der Waals surface area contributed by atoms with Gasteiger partial charge >= 0.3 is 5.97 Å². The molecule has 0 saturated carbocycles. The molecule has 2 aromatic rings. The van der Waals surface area contributed by atoms with E-state index in [2.05, 4.69) is 4.74 Å². The van der Waals surface area contributed by atoms with Crippen molar-refractivity contribution in [2.75, 3.05) is 14.2 Å². The quantitative estimate of drug-likeness (QED) is 0.793. The Hall–Kier alpha value is -2.49. The molecule has 4 nitrogen and oxygen atoms in total. The van der Waals surface area contributed by atoms with Crippen LogP contribution in [0.4, 0.5) is 0 Å². The molecule has 19 heavy (non-hydrogen) atoms. The highest BCUT2D eigenvalue weighted by Gasteiger charge is 2.14. The lowest BCUT2D eigenvalue weighted by Gasteiger charge is -2.07. The van der Waals surface area contributed by atoms with Crippen molar-refractivity contribution in [3.05, 3.63) is 48.0 Å². The number of benzene rings is 2. The Labute approximate surface area is 111 Å². The van der Waals surface area contributed by atoms with E-state index in [0.717, 1.165) is 11.1 Å². The Morgan fingerprint density at radius 1 is 1.00 bits per heavy atom. The van der Waals surface area contributed by atoms with Crippen molar-refractivity contribution in [2.24, 2.45) is 0 Å². The van der Waals surface area contributed by atoms with Gasteiger partial charge in [0.15, 0.2) is 5.75 Å². The van der Waals surface area contributed by atoms with Crippen molar-refractivity contribution < 1.29 is 19.4 Å². The van der Waals surface area contributed by atoms with Crippen LogP contribution in [0.5, 0.6) is 11.5 Å². The highest BCUT2D eigenvalue weighted by molar-refractivity contribution is 5.94. The van der Waals surface area contributed by atoms with Crippen LogP contribution in [0.15, 0.2) is 42.5 Å². The molecule has 0 spiro atoms. The molecule has 0 heterocycles. The van der Waals surface area contributed by atoms with E-state index in [0.29, 0.717) is 5.75 Å². The van der Waals surface area contributed by atoms with Crippen molar-refractivity contribution in [2.45, 2.75) is 0 Å². The van der Waals surface area contributed by atoms with Crippen molar-refractivity contribution in [1.82, 2.24) is 0 Å². The largest absolute Gasteiger partial charge is 0.497 e. The maximum absolute atomic E-state index is 11.6. The topological polar surface area (TPSA) is 55.4 Å². The molecule has 0 bridgehead atoms. The molecule has 0 aliphatic heterocycles. The number of carbonyl (C=O) groups is 1. The van der Waals surface area contributed by atoms with Crippen LogP contribution in [0.1, 0.15) is 10.4 Å². The van der Waals surface area contributed by atoms with Crippen molar-refractivity contribution >= 4 is 5.97 Å². The molecule has 2 rings (SSSR count). The summed E-state index contributed by atoms with van der Waals surface area (Å²) in [4.78, 5) is 11.5. The number of methoxy groups -OCH3 is 2. The molecular formula is C15H13O4. The summed E-state index contributed by atoms with van der Waals surface area (Å²) in [5, 5.41) is 11.6. The van der Waals surface area contributed by atoms with Gasteiger partial charge in [-0.25, -0.2) is 4.79 Å². The molecule has 1 radical (unpaired) electrons. The van der Waals surface area contributed by atoms with E-state index in [1.54, 1.807) is 13.2 Å². The standard InChI is InChI=1S/C15H13O4/c1-18-12-5-3-4-10(8-12)11-6-7-14(16)13(9-11)15(17)19-2/h3-9H,1-2H3. The molecule has 0 atom stereocenters. The number of carbonyl (C=O) groups excluding carboxylic acids is 1. The van der Waals surface area contributed by atoms with Gasteiger partial charge < -0.3 is 9.47 Å². The Bertz CT molecular complexity index is 605. The van der Waals surface area contributed by atoms with Crippen LogP contribution in [0.25, 0.3) is 11.1 Å². The van der Waals surface area contributed by atoms with Gasteiger partial charge in [0, 0.05) is 0 Å². The summed E-state index contributed by atoms with van der Waals surface area (Å²) in [5.41, 5.74) is 1.66. The highest BCUT2D eigenvalue weighted by Crippen LogP contribution is 2.28. The molecule has 2 aromatic carbocycles. The van der Waals surface area contributed by atoms with Gasteiger partial charge in [-0.3, -0.25) is 5.11 Å². The molecule has 0 aromatic heterocycles. The number of hydrogen-bond donors (Lipinski definition) is 0. The molecular weight excluding hydrogens is 244 g/mol. The summed E-state index contributed by atoms with van der Waals surface area (Å²) in [7, 11) is 2.83. The van der Waals surface area contributed by atoms with E-state index < -0.39 is 5.97 Å². The molecule has 0 N–H and O–H groups in total. The van der Waals surface area contributed by atoms with E-state index in [9.17, 15) is 9.90 Å². The Morgan fingerprint density at radius 2 is 1.74 bits per heavy atom. The second kappa shape index (κ2) is 5.44. The molecule has 0 aliphatic rings. The predicted octanol–water partition coefficient (Wildman–Crippen LogP) is 3.29. The van der Waals surface area contributed by atoms with Crippen LogP contribution in [0.3, 0.4) is 0 Å². The fourth-order valence-corrected chi connectivity index (χ4v) is 1.78. The SMILES string of the molecule is COC(=O)c1cc(-c2cccc(OC)c2)ccc1[O]. The molecule has 0 unspecified atom stereocenters. The molecule has 0 amide bonds. The monoisotopic (exact) mass is 257 g/mol. The first-order valence-corrected chi connectivity index (χ1v) is 5.69. The van der Waals surface area contributed by atoms with Crippen molar-refractivity contribution in [1.29, 1.82) is 0 Å². The molecule has 0 saturated heterocycles. The lowest BCUT2D eigenvalue weighted by atomic mass is 10.0. The van der Waals surface area contributed by atoms with Crippen LogP contribution < -0.4 is 4.74 Å². The maximum Gasteiger partial charge on any atom is 0.341 e. The Balaban J connectivity index is 2.48. The minimum absolute atomic E-state index is 0.0304. The van der Waals surface area contributed by atoms with Gasteiger partial charge in [-0.05, 0) is 35.4 Å². The average Bonchev–Trinajstić information content (AvgIpc) is 2.47. The van der Waals surface area contributed by atoms with Gasteiger partial charge in [0.1, 0.15) is 11.3 Å². The van der Waals surface area contributed by atoms with E-state index in [4.69, 9.17) is 4.74 Å². The first kappa shape index (κ1) is 13.0. The second-order valence-electron chi connectivity index (χ2n) is 3.93. The molecule has 0 fully saturated rings. The fourth-order valence-electron chi connectivity index (χ4n) is 1.78. The highest BCUT2D eigenvalue weighted by atomic mass is 16.5. The Morgan fingerprint density at radius 3 is 2.42 bits per heavy atom. The minimum Gasteiger partial charge on any atom is -0.497 e. The second-order valence-corrected chi connectivity index (χ2v) is 3.93. The third-order valence-electron chi connectivity index (χ3n) is 2.79. The number of hydrogen-bond acceptors (Lipinski definition) is 3. The van der Waals surface area contributed by atoms with E-state index in [-0.39, 0.29) is 11.3 Å². The van der Waals surface area contributed by atoms with Gasteiger partial charge in [0.25, 0.3) is 0 Å². The van der Waals surface area contributed by atoms with E-state index in [1.807, 2.05) is 24.3 Å². The number of ether oxygens (including phenoxy) is 2. The molecule has 97 valence electrons. The lowest BCUT2D eigenvalue weighted by molar-refractivity contribution is 0.0595. The van der Waals surface area contributed by atoms with E-state index in [1.165, 1.54) is 19.2 Å². The van der Waals surface area contributed by atoms with Gasteiger partial charge in [-0.1, -0.05) is 18.2 Å². The summed E-state index contributed by atoms with van der Waals surface area (Å²) in [6, 6.07) is 11.9. The van der Waals surface area contributed by atoms with Gasteiger partial charge in [0.05, 0.1) is 14.2 Å². The van der Waals surface area contributed by atoms with Gasteiger partial charge in [0.2, 0.25) is 0 Å². The summed E-state index contributed by atoms with van der Waals surface area (Å²) >= 11 is 0. The first-order chi connectivity index (χ1) is 9.15. The third-order valence-corrected chi connectivity index (χ3v) is 2.79. The van der Waals surface area contributed by atoms with Crippen LogP contribution >= 0.6 is 0 Å². The molecule has 4 heteroatoms. The fraction of sp³-hybridized carbons (Fsp3) is 0.133. The average molecular weight is 257 g/mol. The summed E-state index contributed by atoms with van der Waals surface area (Å²) < 4.78 is 9.73. The van der Waals surface area contributed by atoms with Crippen LogP contribution in [-0.2, 0) is 9.84 Å². The first-order valence-electron chi connectivity index (χ1n) is 5.69. The predicted molar refractivity (Wildman–Crippen MR) is 69.9 cm³/mol. The van der Waals surface area contributed by atoms with Crippen LogP contribution in [0, 0.1) is 0 Å². The lowest BCUT2D eigenvalue weighted by Crippen LogP contribution is -2.01. The zero-order chi connectivity index (χ0) is 13.8. The Kier molecular flexibility index (Phi) is 3.71. The van der Waals surface area contributed by atoms with E-state index >= 15 is 0 Å². The maximum atomic E-state index is 11.6. The van der Waals surface area contributed by atoms with Gasteiger partial charge in [-0.2, -0.15) is 0 Å². The van der Waals surface area contributed by atoms with Crippen molar-refractivity contribution in [3.63, 3.8) is 0 Å². The van der Waals surface area contributed by atoms with Crippen LogP contribution in [0.2, 0.25) is 0 Å². The van der Waals surface area contributed by atoms with Gasteiger partial charge in [-0.15, -0.1) is 0 Å². The summed E-state index contributed by atoms with van der Waals surface area (Å²) in [6.07, 6.45) is 0. The normalized spacial score (nSPS) is 10.0. The number of rotatable bonds is 3.